The summed E-state index contributed by atoms with van der Waals surface area (Å²) in [6.07, 6.45) is 9.06. The van der Waals surface area contributed by atoms with Crippen molar-refractivity contribution in [2.45, 2.75) is 79.3 Å². The maximum absolute atomic E-state index is 13.1. The lowest BCUT2D eigenvalue weighted by Crippen LogP contribution is -2.41. The van der Waals surface area contributed by atoms with Crippen molar-refractivity contribution < 1.29 is 9.59 Å². The Kier molecular flexibility index (Phi) is 18.9. The number of rotatable bonds is 10. The van der Waals surface area contributed by atoms with Gasteiger partial charge in [-0.05, 0) is 64.3 Å². The lowest BCUT2D eigenvalue weighted by Gasteiger charge is -2.31. The standard InChI is InChI=1S/C24H34N4O2S2.2C2H6/c1-5-7-12-26-18(4)27-16-31-22(6-2)32-20-9-8-17(3)21(15-20)24(30)28-13-10-19(11-14-28)23(25)29;2*1-2/h5-9,12,15,18-19,27H,10-11,13-14,16H2,1-4H3,(H2,25,29);2*1-2H3/b7-5-,22-6+,26-12-;;. The number of allylic oxidation sites excluding steroid dienone is 3. The van der Waals surface area contributed by atoms with Gasteiger partial charge < -0.3 is 10.6 Å². The highest BCUT2D eigenvalue weighted by atomic mass is 32.2. The summed E-state index contributed by atoms with van der Waals surface area (Å²) in [5.41, 5.74) is 7.09. The molecule has 1 heterocycles. The Bertz CT molecular complexity index is 876. The van der Waals surface area contributed by atoms with E-state index in [2.05, 4.69) is 22.5 Å². The van der Waals surface area contributed by atoms with Crippen LogP contribution in [-0.4, -0.2) is 48.1 Å². The van der Waals surface area contributed by atoms with Crippen LogP contribution in [0.2, 0.25) is 0 Å². The van der Waals surface area contributed by atoms with Crippen molar-refractivity contribution in [1.29, 1.82) is 0 Å². The number of aliphatic imine (C=N–C) groups is 1. The summed E-state index contributed by atoms with van der Waals surface area (Å²) in [7, 11) is 0. The third-order valence-corrected chi connectivity index (χ3v) is 7.62. The van der Waals surface area contributed by atoms with E-state index in [1.165, 1.54) is 0 Å². The summed E-state index contributed by atoms with van der Waals surface area (Å²) in [6.45, 7) is 17.1. The van der Waals surface area contributed by atoms with E-state index in [0.29, 0.717) is 25.9 Å². The van der Waals surface area contributed by atoms with Crippen molar-refractivity contribution in [3.8, 4) is 0 Å². The third-order valence-electron chi connectivity index (χ3n) is 5.26. The van der Waals surface area contributed by atoms with Gasteiger partial charge in [-0.3, -0.25) is 19.9 Å². The van der Waals surface area contributed by atoms with Crippen molar-refractivity contribution in [1.82, 2.24) is 10.2 Å². The molecule has 6 nitrogen and oxygen atoms in total. The van der Waals surface area contributed by atoms with Crippen molar-refractivity contribution in [3.63, 3.8) is 0 Å². The second-order valence-corrected chi connectivity index (χ2v) is 10.0. The summed E-state index contributed by atoms with van der Waals surface area (Å²) in [5, 5.41) is 3.37. The summed E-state index contributed by atoms with van der Waals surface area (Å²) in [4.78, 5) is 31.8. The Morgan fingerprint density at radius 2 is 1.83 bits per heavy atom. The van der Waals surface area contributed by atoms with E-state index in [9.17, 15) is 9.59 Å². The van der Waals surface area contributed by atoms with Crippen LogP contribution in [0.15, 0.2) is 50.6 Å². The number of nitrogens with zero attached hydrogens (tertiary/aromatic N) is 2. The largest absolute Gasteiger partial charge is 0.369 e. The number of nitrogens with two attached hydrogens (primary N) is 1. The van der Waals surface area contributed by atoms with Gasteiger partial charge in [0.1, 0.15) is 0 Å². The van der Waals surface area contributed by atoms with E-state index in [4.69, 9.17) is 5.73 Å². The maximum Gasteiger partial charge on any atom is 0.254 e. The molecule has 1 aromatic rings. The Balaban J connectivity index is 0.00000291. The zero-order chi connectivity index (χ0) is 27.5. The van der Waals surface area contributed by atoms with Crippen LogP contribution in [0.25, 0.3) is 0 Å². The molecule has 8 heteroatoms. The molecule has 1 unspecified atom stereocenters. The van der Waals surface area contributed by atoms with Gasteiger partial charge in [0.05, 0.1) is 6.17 Å². The minimum atomic E-state index is -0.267. The van der Waals surface area contributed by atoms with Gasteiger partial charge >= 0.3 is 0 Å². The van der Waals surface area contributed by atoms with E-state index in [0.717, 1.165) is 26.1 Å². The van der Waals surface area contributed by atoms with Gasteiger partial charge in [0, 0.05) is 45.8 Å². The fraction of sp³-hybridized carbons (Fsp3) is 0.536. The minimum absolute atomic E-state index is 0.0250. The quantitative estimate of drug-likeness (QED) is 0.200. The van der Waals surface area contributed by atoms with Crippen LogP contribution in [0.4, 0.5) is 0 Å². The van der Waals surface area contributed by atoms with Crippen molar-refractivity contribution >= 4 is 41.6 Å². The molecule has 0 spiro atoms. The first-order valence-corrected chi connectivity index (χ1v) is 14.7. The molecule has 1 saturated heterocycles. The summed E-state index contributed by atoms with van der Waals surface area (Å²) >= 11 is 3.37. The van der Waals surface area contributed by atoms with Gasteiger partial charge in [-0.2, -0.15) is 0 Å². The lowest BCUT2D eigenvalue weighted by atomic mass is 9.95. The van der Waals surface area contributed by atoms with Crippen LogP contribution in [0.1, 0.15) is 77.2 Å². The molecule has 0 saturated carbocycles. The molecule has 3 N–H and O–H groups in total. The first kappa shape index (κ1) is 34.0. The highest BCUT2D eigenvalue weighted by Crippen LogP contribution is 2.35. The number of hydrogen-bond donors (Lipinski definition) is 2. The topological polar surface area (TPSA) is 87.8 Å². The lowest BCUT2D eigenvalue weighted by molar-refractivity contribution is -0.123. The molecule has 1 aliphatic rings. The SMILES string of the molecule is C/C=C\C=N/C(C)NCS/C(=C\C)Sc1ccc(C)c(C(=O)N2CCC(C(N)=O)CC2)c1.CC.CC. The van der Waals surface area contributed by atoms with Crippen LogP contribution in [0.5, 0.6) is 0 Å². The van der Waals surface area contributed by atoms with Crippen LogP contribution >= 0.6 is 23.5 Å². The summed E-state index contributed by atoms with van der Waals surface area (Å²) < 4.78 is 1.16. The van der Waals surface area contributed by atoms with Gasteiger partial charge in [-0.1, -0.05) is 57.7 Å². The van der Waals surface area contributed by atoms with Crippen molar-refractivity contribution in [2.24, 2.45) is 16.6 Å². The number of carbonyl (C=O) groups is 2. The molecule has 1 aliphatic heterocycles. The third kappa shape index (κ3) is 12.3. The number of hydrogen-bond acceptors (Lipinski definition) is 6. The molecule has 0 aromatic heterocycles. The molecule has 202 valence electrons. The number of aryl methyl sites for hydroxylation is 1. The fourth-order valence-electron chi connectivity index (χ4n) is 3.27. The molecular weight excluding hydrogens is 488 g/mol. The number of nitrogens with one attached hydrogen (secondary N) is 1. The molecule has 0 radical (unpaired) electrons. The first-order valence-electron chi connectivity index (χ1n) is 12.9. The predicted octanol–water partition coefficient (Wildman–Crippen LogP) is 6.61. The van der Waals surface area contributed by atoms with Crippen LogP contribution in [-0.2, 0) is 4.79 Å². The molecule has 0 bridgehead atoms. The minimum Gasteiger partial charge on any atom is -0.369 e. The molecule has 1 aromatic carbocycles. The number of thioether (sulfide) groups is 2. The molecule has 2 amide bonds. The number of benzene rings is 1. The smallest absolute Gasteiger partial charge is 0.254 e. The van der Waals surface area contributed by atoms with Gasteiger partial charge in [-0.15, -0.1) is 11.8 Å². The molecule has 1 atom stereocenters. The number of piperidine rings is 1. The van der Waals surface area contributed by atoms with E-state index in [1.54, 1.807) is 29.7 Å². The highest BCUT2D eigenvalue weighted by Gasteiger charge is 2.27. The molecule has 2 rings (SSSR count). The number of amides is 2. The second-order valence-electron chi connectivity index (χ2n) is 7.65. The predicted molar refractivity (Wildman–Crippen MR) is 160 cm³/mol. The Labute approximate surface area is 227 Å². The van der Waals surface area contributed by atoms with Crippen LogP contribution in [0.3, 0.4) is 0 Å². The van der Waals surface area contributed by atoms with Crippen molar-refractivity contribution in [2.75, 3.05) is 19.0 Å². The zero-order valence-electron chi connectivity index (χ0n) is 23.3. The normalized spacial score (nSPS) is 15.2. The van der Waals surface area contributed by atoms with E-state index < -0.39 is 0 Å². The molecule has 1 fully saturated rings. The Hall–Kier alpha value is -2.03. The average Bonchev–Trinajstić information content (AvgIpc) is 2.91. The van der Waals surface area contributed by atoms with Crippen LogP contribution < -0.4 is 11.1 Å². The van der Waals surface area contributed by atoms with E-state index >= 15 is 0 Å². The number of carbonyl (C=O) groups excluding carboxylic acids is 2. The number of likely N-dealkylation sites (tertiary alicyclic amines) is 1. The van der Waals surface area contributed by atoms with Gasteiger partial charge in [-0.25, -0.2) is 0 Å². The maximum atomic E-state index is 13.1. The molecular formula is C28H46N4O2S2. The van der Waals surface area contributed by atoms with Crippen molar-refractivity contribution in [3.05, 3.63) is 51.8 Å². The molecule has 0 aliphatic carbocycles. The van der Waals surface area contributed by atoms with E-state index in [-0.39, 0.29) is 23.9 Å². The van der Waals surface area contributed by atoms with Gasteiger partial charge in [0.25, 0.3) is 5.91 Å². The second kappa shape index (κ2) is 20.1. The van der Waals surface area contributed by atoms with Gasteiger partial charge in [0.2, 0.25) is 5.91 Å². The van der Waals surface area contributed by atoms with E-state index in [1.807, 2.05) is 84.6 Å². The number of primary amides is 1. The molecule has 36 heavy (non-hydrogen) atoms. The zero-order valence-corrected chi connectivity index (χ0v) is 25.0. The van der Waals surface area contributed by atoms with Gasteiger partial charge in [0.15, 0.2) is 0 Å². The Morgan fingerprint density at radius 1 is 1.19 bits per heavy atom. The summed E-state index contributed by atoms with van der Waals surface area (Å²) in [6, 6.07) is 6.03. The fourth-order valence-corrected chi connectivity index (χ4v) is 5.27. The summed E-state index contributed by atoms with van der Waals surface area (Å²) in [5.74, 6) is 0.378. The Morgan fingerprint density at radius 3 is 2.39 bits per heavy atom. The highest BCUT2D eigenvalue weighted by molar-refractivity contribution is 8.22. The van der Waals surface area contributed by atoms with Crippen LogP contribution in [0, 0.1) is 12.8 Å². The first-order chi connectivity index (χ1) is 17.3. The average molecular weight is 535 g/mol. The monoisotopic (exact) mass is 534 g/mol.